The summed E-state index contributed by atoms with van der Waals surface area (Å²) in [4.78, 5) is 43.8. The van der Waals surface area contributed by atoms with E-state index in [-0.39, 0.29) is 0 Å². The lowest BCUT2D eigenvalue weighted by Gasteiger charge is -2.19. The third-order valence-corrected chi connectivity index (χ3v) is 2.97. The molecule has 0 aromatic rings. The van der Waals surface area contributed by atoms with Crippen molar-refractivity contribution >= 4 is 27.0 Å². The monoisotopic (exact) mass is 300 g/mol. The zero-order valence-corrected chi connectivity index (χ0v) is 12.4. The predicted octanol–water partition coefficient (Wildman–Crippen LogP) is 0.772. The van der Waals surface area contributed by atoms with Gasteiger partial charge < -0.3 is 18.1 Å². The average Bonchev–Trinajstić information content (AvgIpc) is 2.28. The van der Waals surface area contributed by atoms with Crippen molar-refractivity contribution in [2.24, 2.45) is 0 Å². The molecule has 0 saturated heterocycles. The molecule has 0 unspecified atom stereocenters. The molecule has 8 heteroatoms. The highest BCUT2D eigenvalue weighted by molar-refractivity contribution is 6.58. The maximum Gasteiger partial charge on any atom is 0.897 e. The summed E-state index contributed by atoms with van der Waals surface area (Å²) in [5.41, 5.74) is 0. The van der Waals surface area contributed by atoms with E-state index in [9.17, 15) is 19.2 Å². The number of carbonyl (C=O) groups is 3. The van der Waals surface area contributed by atoms with E-state index < -0.39 is 27.0 Å². The van der Waals surface area contributed by atoms with Crippen LogP contribution in [0.5, 0.6) is 0 Å². The first-order valence-electron chi connectivity index (χ1n) is 5.66. The fraction of sp³-hybridized carbons (Fsp3) is 0.250. The molecule has 1 N–H and O–H groups in total. The van der Waals surface area contributed by atoms with E-state index in [4.69, 9.17) is 0 Å². The van der Waals surface area contributed by atoms with Crippen LogP contribution in [-0.4, -0.2) is 31.8 Å². The number of carbonyl (C=O) groups excluding carboxylic acids is 3. The highest BCUT2D eigenvalue weighted by Crippen LogP contribution is 2.09. The first kappa shape index (κ1) is 17.8. The quantitative estimate of drug-likeness (QED) is 0.571. The molecule has 110 valence electrons. The van der Waals surface area contributed by atoms with E-state index in [0.29, 0.717) is 0 Å². The predicted molar refractivity (Wildman–Crippen MR) is 70.7 cm³/mol. The van der Waals surface area contributed by atoms with E-state index in [1.807, 2.05) is 0 Å². The molecule has 0 saturated carbocycles. The molecule has 20 heavy (non-hydrogen) atoms. The fourth-order valence-corrected chi connectivity index (χ4v) is 2.05. The summed E-state index contributed by atoms with van der Waals surface area (Å²) in [5, 5.41) is 0. The van der Waals surface area contributed by atoms with E-state index >= 15 is 0 Å². The van der Waals surface area contributed by atoms with Crippen LogP contribution in [0, 0.1) is 0 Å². The Labute approximate surface area is 117 Å². The zero-order chi connectivity index (χ0) is 15.6. The number of hydrogen-bond donors (Lipinski definition) is 1. The van der Waals surface area contributed by atoms with Crippen LogP contribution in [0.3, 0.4) is 0 Å². The third-order valence-electron chi connectivity index (χ3n) is 1.60. The number of rotatable bonds is 6. The van der Waals surface area contributed by atoms with Crippen LogP contribution >= 0.6 is 0 Å². The van der Waals surface area contributed by atoms with Crippen molar-refractivity contribution in [2.75, 3.05) is 0 Å². The minimum atomic E-state index is -4.75. The molecule has 0 aromatic carbocycles. The van der Waals surface area contributed by atoms with Gasteiger partial charge in [0.1, 0.15) is 0 Å². The molecular weight excluding hydrogens is 284 g/mol. The highest BCUT2D eigenvalue weighted by Gasteiger charge is 2.54. The summed E-state index contributed by atoms with van der Waals surface area (Å²) in [6, 6.07) is 0. The van der Waals surface area contributed by atoms with Crippen molar-refractivity contribution in [3.8, 4) is 0 Å². The molecule has 0 aliphatic rings. The number of allylic oxidation sites excluding steroid dienone is 3. The van der Waals surface area contributed by atoms with Gasteiger partial charge in [0.2, 0.25) is 0 Å². The molecule has 0 aliphatic heterocycles. The molecule has 0 bridgehead atoms. The van der Waals surface area contributed by atoms with E-state index in [1.54, 1.807) is 20.8 Å². The smallest absolute Gasteiger partial charge is 0.429 e. The Morgan fingerprint density at radius 3 is 1.20 bits per heavy atom. The van der Waals surface area contributed by atoms with Crippen molar-refractivity contribution in [1.82, 2.24) is 0 Å². The largest absolute Gasteiger partial charge is 0.897 e. The van der Waals surface area contributed by atoms with Crippen LogP contribution in [0.15, 0.2) is 36.5 Å². The topological polar surface area (TPSA) is 99.1 Å². The maximum atomic E-state index is 11.3. The second-order valence-corrected chi connectivity index (χ2v) is 4.95. The van der Waals surface area contributed by atoms with Gasteiger partial charge in [-0.3, -0.25) is 0 Å². The van der Waals surface area contributed by atoms with Gasteiger partial charge in [-0.25, -0.2) is 14.4 Å². The van der Waals surface area contributed by atoms with Crippen LogP contribution < -0.4 is 0 Å². The average molecular weight is 300 g/mol. The van der Waals surface area contributed by atoms with Crippen molar-refractivity contribution < 1.29 is 32.5 Å². The fourth-order valence-electron chi connectivity index (χ4n) is 0.954. The molecule has 0 amide bonds. The van der Waals surface area contributed by atoms with Crippen LogP contribution in [0.1, 0.15) is 20.8 Å². The van der Waals surface area contributed by atoms with Crippen LogP contribution in [0.2, 0.25) is 0 Å². The SMILES string of the molecule is CC=CC(=O)O[Si](O)(OC(=O)C=CC)OC(=O)C=CC. The molecule has 0 radical (unpaired) electrons. The molecule has 0 fully saturated rings. The Balaban J connectivity index is 5.05. The van der Waals surface area contributed by atoms with Crippen molar-refractivity contribution in [3.05, 3.63) is 36.5 Å². The Bertz CT molecular complexity index is 386. The summed E-state index contributed by atoms with van der Waals surface area (Å²) < 4.78 is 13.6. The summed E-state index contributed by atoms with van der Waals surface area (Å²) in [6.45, 7) is 4.62. The lowest BCUT2D eigenvalue weighted by molar-refractivity contribution is -0.150. The molecule has 0 aromatic heterocycles. The Kier molecular flexibility index (Phi) is 7.86. The molecular formula is C12H16O7Si. The van der Waals surface area contributed by atoms with Crippen LogP contribution in [-0.2, 0) is 27.7 Å². The van der Waals surface area contributed by atoms with Gasteiger partial charge in [0.15, 0.2) is 0 Å². The first-order valence-corrected chi connectivity index (χ1v) is 7.33. The molecule has 0 rings (SSSR count). The van der Waals surface area contributed by atoms with Gasteiger partial charge in [0.25, 0.3) is 0 Å². The molecule has 0 spiro atoms. The molecule has 0 heterocycles. The van der Waals surface area contributed by atoms with Gasteiger partial charge in [0.05, 0.1) is 0 Å². The van der Waals surface area contributed by atoms with Crippen LogP contribution in [0.25, 0.3) is 0 Å². The summed E-state index contributed by atoms with van der Waals surface area (Å²) in [5.74, 6) is -2.99. The standard InChI is InChI=1S/C12H16O7Si/c1-4-7-10(13)17-20(16,18-11(14)8-5-2)19-12(15)9-6-3/h4-9,16H,1-3H3. The third kappa shape index (κ3) is 7.29. The summed E-state index contributed by atoms with van der Waals surface area (Å²) >= 11 is 0. The van der Waals surface area contributed by atoms with E-state index in [2.05, 4.69) is 13.3 Å². The van der Waals surface area contributed by atoms with Gasteiger partial charge >= 0.3 is 27.0 Å². The summed E-state index contributed by atoms with van der Waals surface area (Å²) in [7, 11) is -4.75. The second kappa shape index (κ2) is 8.83. The lowest BCUT2D eigenvalue weighted by atomic mass is 10.5. The lowest BCUT2D eigenvalue weighted by Crippen LogP contribution is -2.50. The van der Waals surface area contributed by atoms with E-state index in [1.165, 1.54) is 18.2 Å². The minimum absolute atomic E-state index is 0.977. The Morgan fingerprint density at radius 2 is 1.00 bits per heavy atom. The van der Waals surface area contributed by atoms with Crippen molar-refractivity contribution in [3.63, 3.8) is 0 Å². The normalized spacial score (nSPS) is 14.4. The second-order valence-electron chi connectivity index (χ2n) is 3.29. The van der Waals surface area contributed by atoms with Crippen molar-refractivity contribution in [2.45, 2.75) is 20.8 Å². The summed E-state index contributed by atoms with van der Waals surface area (Å²) in [6.07, 6.45) is 6.97. The number of hydrogen-bond acceptors (Lipinski definition) is 7. The molecule has 0 aliphatic carbocycles. The minimum Gasteiger partial charge on any atom is -0.429 e. The van der Waals surface area contributed by atoms with E-state index in [0.717, 1.165) is 18.2 Å². The highest BCUT2D eigenvalue weighted by atomic mass is 28.4. The first-order chi connectivity index (χ1) is 9.36. The van der Waals surface area contributed by atoms with Gasteiger partial charge in [-0.05, 0) is 20.8 Å². The van der Waals surface area contributed by atoms with Gasteiger partial charge in [-0.1, -0.05) is 18.2 Å². The van der Waals surface area contributed by atoms with Gasteiger partial charge in [-0.15, -0.1) is 0 Å². The maximum absolute atomic E-state index is 11.3. The molecule has 0 atom stereocenters. The van der Waals surface area contributed by atoms with Crippen molar-refractivity contribution in [1.29, 1.82) is 0 Å². The Morgan fingerprint density at radius 1 is 0.750 bits per heavy atom. The van der Waals surface area contributed by atoms with Gasteiger partial charge in [-0.2, -0.15) is 0 Å². The Hall–Kier alpha value is -2.19. The van der Waals surface area contributed by atoms with Crippen LogP contribution in [0.4, 0.5) is 0 Å². The zero-order valence-electron chi connectivity index (χ0n) is 11.4. The van der Waals surface area contributed by atoms with Gasteiger partial charge in [0, 0.05) is 18.2 Å². The molecule has 7 nitrogen and oxygen atoms in total.